The smallest absolute Gasteiger partial charge is 0.255 e. The molecule has 0 bridgehead atoms. The fourth-order valence-electron chi connectivity index (χ4n) is 2.13. The van der Waals surface area contributed by atoms with Crippen molar-refractivity contribution >= 4 is 5.91 Å². The topological polar surface area (TPSA) is 54.9 Å². The van der Waals surface area contributed by atoms with Crippen molar-refractivity contribution in [2.45, 2.75) is 13.5 Å². The van der Waals surface area contributed by atoms with Gasteiger partial charge in [-0.05, 0) is 19.1 Å². The van der Waals surface area contributed by atoms with Gasteiger partial charge in [0.15, 0.2) is 5.82 Å². The van der Waals surface area contributed by atoms with Gasteiger partial charge in [0.05, 0.1) is 29.1 Å². The molecule has 0 fully saturated rings. The normalized spacial score (nSPS) is 13.3. The molecule has 0 atom stereocenters. The number of nitrogens with one attached hydrogen (secondary N) is 1. The third kappa shape index (κ3) is 1.76. The summed E-state index contributed by atoms with van der Waals surface area (Å²) in [6, 6.07) is 3.57. The molecule has 0 radical (unpaired) electrons. The number of hydrogen-bond acceptors (Lipinski definition) is 3. The van der Waals surface area contributed by atoms with Gasteiger partial charge in [0.2, 0.25) is 0 Å². The summed E-state index contributed by atoms with van der Waals surface area (Å²) in [6.07, 6.45) is 0. The zero-order valence-electron chi connectivity index (χ0n) is 10.00. The van der Waals surface area contributed by atoms with E-state index in [9.17, 15) is 13.6 Å². The highest BCUT2D eigenvalue weighted by Crippen LogP contribution is 2.26. The molecule has 19 heavy (non-hydrogen) atoms. The summed E-state index contributed by atoms with van der Waals surface area (Å²) in [5.74, 6) is -1.75. The van der Waals surface area contributed by atoms with Gasteiger partial charge in [0.1, 0.15) is 11.6 Å². The van der Waals surface area contributed by atoms with E-state index in [4.69, 9.17) is 0 Å². The Morgan fingerprint density at radius 1 is 1.16 bits per heavy atom. The molecule has 0 unspecified atom stereocenters. The first-order valence-electron chi connectivity index (χ1n) is 5.68. The standard InChI is InChI=1S/C13H9F2N3O/c1-6-10-9(5-16-13(10)19)18-12(17-6)11-7(14)3-2-4-8(11)15/h2-4H,5H2,1H3,(H,16,19). The van der Waals surface area contributed by atoms with E-state index in [1.54, 1.807) is 6.92 Å². The van der Waals surface area contributed by atoms with Gasteiger partial charge in [0, 0.05) is 0 Å². The van der Waals surface area contributed by atoms with Gasteiger partial charge in [-0.1, -0.05) is 6.07 Å². The Bertz CT molecular complexity index is 680. The molecule has 1 aliphatic heterocycles. The molecule has 0 spiro atoms. The van der Waals surface area contributed by atoms with E-state index in [0.29, 0.717) is 17.0 Å². The number of hydrogen-bond donors (Lipinski definition) is 1. The van der Waals surface area contributed by atoms with Crippen LogP contribution in [-0.4, -0.2) is 15.9 Å². The Labute approximate surface area is 107 Å². The van der Waals surface area contributed by atoms with Crippen LogP contribution in [0.25, 0.3) is 11.4 Å². The van der Waals surface area contributed by atoms with Crippen molar-refractivity contribution in [1.82, 2.24) is 15.3 Å². The first kappa shape index (κ1) is 11.7. The Kier molecular flexibility index (Phi) is 2.51. The van der Waals surface area contributed by atoms with Crippen molar-refractivity contribution in [3.8, 4) is 11.4 Å². The number of amides is 1. The van der Waals surface area contributed by atoms with Crippen LogP contribution in [0.15, 0.2) is 18.2 Å². The number of halogens is 2. The third-order valence-electron chi connectivity index (χ3n) is 2.99. The molecule has 4 nitrogen and oxygen atoms in total. The second kappa shape index (κ2) is 4.08. The Balaban J connectivity index is 2.23. The highest BCUT2D eigenvalue weighted by Gasteiger charge is 2.26. The van der Waals surface area contributed by atoms with E-state index in [0.717, 1.165) is 12.1 Å². The minimum Gasteiger partial charge on any atom is -0.346 e. The highest BCUT2D eigenvalue weighted by molar-refractivity contribution is 5.98. The highest BCUT2D eigenvalue weighted by atomic mass is 19.1. The number of rotatable bonds is 1. The Hall–Kier alpha value is -2.37. The molecular formula is C13H9F2N3O. The van der Waals surface area contributed by atoms with E-state index in [1.807, 2.05) is 0 Å². The molecule has 1 aliphatic rings. The van der Waals surface area contributed by atoms with Gasteiger partial charge in [-0.2, -0.15) is 0 Å². The average Bonchev–Trinajstić information content (AvgIpc) is 2.71. The predicted octanol–water partition coefficient (Wildman–Crippen LogP) is 1.97. The minimum atomic E-state index is -0.725. The molecule has 0 saturated heterocycles. The van der Waals surface area contributed by atoms with Crippen molar-refractivity contribution in [2.24, 2.45) is 0 Å². The fourth-order valence-corrected chi connectivity index (χ4v) is 2.13. The Morgan fingerprint density at radius 3 is 2.53 bits per heavy atom. The van der Waals surface area contributed by atoms with Crippen LogP contribution in [-0.2, 0) is 6.54 Å². The second-order valence-corrected chi connectivity index (χ2v) is 4.23. The lowest BCUT2D eigenvalue weighted by molar-refractivity contribution is 0.0965. The number of carbonyl (C=O) groups excluding carboxylic acids is 1. The van der Waals surface area contributed by atoms with Crippen LogP contribution in [0, 0.1) is 18.6 Å². The number of benzene rings is 1. The lowest BCUT2D eigenvalue weighted by atomic mass is 10.1. The van der Waals surface area contributed by atoms with Gasteiger partial charge in [-0.3, -0.25) is 4.79 Å². The molecule has 0 saturated carbocycles. The van der Waals surface area contributed by atoms with Gasteiger partial charge < -0.3 is 5.32 Å². The zero-order valence-corrected chi connectivity index (χ0v) is 10.00. The van der Waals surface area contributed by atoms with Crippen molar-refractivity contribution in [3.05, 3.63) is 46.8 Å². The van der Waals surface area contributed by atoms with Crippen molar-refractivity contribution in [3.63, 3.8) is 0 Å². The molecule has 1 N–H and O–H groups in total. The summed E-state index contributed by atoms with van der Waals surface area (Å²) in [7, 11) is 0. The van der Waals surface area contributed by atoms with Gasteiger partial charge in [-0.25, -0.2) is 18.7 Å². The molecule has 0 aliphatic carbocycles. The fraction of sp³-hybridized carbons (Fsp3) is 0.154. The van der Waals surface area contributed by atoms with Crippen LogP contribution in [0.5, 0.6) is 0 Å². The van der Waals surface area contributed by atoms with Crippen LogP contribution < -0.4 is 5.32 Å². The summed E-state index contributed by atoms with van der Waals surface area (Å²) in [5, 5.41) is 2.60. The predicted molar refractivity (Wildman–Crippen MR) is 63.3 cm³/mol. The molecule has 1 aromatic carbocycles. The summed E-state index contributed by atoms with van der Waals surface area (Å²) in [6.45, 7) is 1.87. The lowest BCUT2D eigenvalue weighted by Crippen LogP contribution is -2.13. The summed E-state index contributed by atoms with van der Waals surface area (Å²) in [5.41, 5.74) is 1.00. The second-order valence-electron chi connectivity index (χ2n) is 4.23. The minimum absolute atomic E-state index is 0.0386. The molecule has 2 heterocycles. The van der Waals surface area contributed by atoms with Crippen molar-refractivity contribution in [2.75, 3.05) is 0 Å². The van der Waals surface area contributed by atoms with Crippen LogP contribution in [0.2, 0.25) is 0 Å². The molecule has 1 amide bonds. The van der Waals surface area contributed by atoms with E-state index in [1.165, 1.54) is 6.07 Å². The number of carbonyl (C=O) groups is 1. The summed E-state index contributed by atoms with van der Waals surface area (Å²) < 4.78 is 27.4. The summed E-state index contributed by atoms with van der Waals surface area (Å²) in [4.78, 5) is 19.6. The van der Waals surface area contributed by atoms with Crippen LogP contribution in [0.1, 0.15) is 21.7 Å². The van der Waals surface area contributed by atoms with E-state index in [2.05, 4.69) is 15.3 Å². The molecule has 96 valence electrons. The third-order valence-corrected chi connectivity index (χ3v) is 2.99. The zero-order chi connectivity index (χ0) is 13.6. The number of aryl methyl sites for hydroxylation is 1. The maximum absolute atomic E-state index is 13.7. The monoisotopic (exact) mass is 261 g/mol. The largest absolute Gasteiger partial charge is 0.346 e. The Morgan fingerprint density at radius 2 is 1.84 bits per heavy atom. The lowest BCUT2D eigenvalue weighted by Gasteiger charge is -2.07. The molecule has 2 aromatic rings. The van der Waals surface area contributed by atoms with Crippen molar-refractivity contribution in [1.29, 1.82) is 0 Å². The molecule has 1 aromatic heterocycles. The average molecular weight is 261 g/mol. The molecule has 6 heteroatoms. The van der Waals surface area contributed by atoms with Crippen LogP contribution in [0.3, 0.4) is 0 Å². The SMILES string of the molecule is Cc1nc(-c2c(F)cccc2F)nc2c1C(=O)NC2. The first-order valence-corrected chi connectivity index (χ1v) is 5.68. The first-order chi connectivity index (χ1) is 9.08. The van der Waals surface area contributed by atoms with Crippen LogP contribution >= 0.6 is 0 Å². The van der Waals surface area contributed by atoms with E-state index in [-0.39, 0.29) is 23.8 Å². The van der Waals surface area contributed by atoms with Crippen LogP contribution in [0.4, 0.5) is 8.78 Å². The number of fused-ring (bicyclic) bond motifs is 1. The van der Waals surface area contributed by atoms with Gasteiger partial charge in [0.25, 0.3) is 5.91 Å². The van der Waals surface area contributed by atoms with Gasteiger partial charge >= 0.3 is 0 Å². The van der Waals surface area contributed by atoms with E-state index < -0.39 is 11.6 Å². The quantitative estimate of drug-likeness (QED) is 0.854. The number of nitrogens with zero attached hydrogens (tertiary/aromatic N) is 2. The summed E-state index contributed by atoms with van der Waals surface area (Å²) >= 11 is 0. The van der Waals surface area contributed by atoms with Crippen molar-refractivity contribution < 1.29 is 13.6 Å². The maximum atomic E-state index is 13.7. The number of aromatic nitrogens is 2. The molecule has 3 rings (SSSR count). The molecular weight excluding hydrogens is 252 g/mol. The van der Waals surface area contributed by atoms with E-state index >= 15 is 0 Å². The maximum Gasteiger partial charge on any atom is 0.255 e. The van der Waals surface area contributed by atoms with Gasteiger partial charge in [-0.15, -0.1) is 0 Å².